The predicted molar refractivity (Wildman–Crippen MR) is 86.7 cm³/mol. The van der Waals surface area contributed by atoms with Gasteiger partial charge >= 0.3 is 0 Å². The summed E-state index contributed by atoms with van der Waals surface area (Å²) in [6.07, 6.45) is 0. The monoisotopic (exact) mass is 351 g/mol. The molecule has 4 heteroatoms. The molecule has 0 amide bonds. The molecule has 0 aliphatic carbocycles. The van der Waals surface area contributed by atoms with Crippen molar-refractivity contribution in [1.29, 1.82) is 0 Å². The van der Waals surface area contributed by atoms with Gasteiger partial charge in [-0.25, -0.2) is 0 Å². The molecule has 0 bridgehead atoms. The minimum atomic E-state index is 0.508. The van der Waals surface area contributed by atoms with Crippen LogP contribution in [-0.4, -0.2) is 13.2 Å². The van der Waals surface area contributed by atoms with Gasteiger partial charge < -0.3 is 9.64 Å². The van der Waals surface area contributed by atoms with Crippen molar-refractivity contribution < 1.29 is 4.74 Å². The van der Waals surface area contributed by atoms with Crippen LogP contribution in [0.2, 0.25) is 0 Å². The summed E-state index contributed by atoms with van der Waals surface area (Å²) in [7, 11) is 0. The van der Waals surface area contributed by atoms with Crippen molar-refractivity contribution in [1.82, 2.24) is 0 Å². The highest BCUT2D eigenvalue weighted by Crippen LogP contribution is 2.30. The molecule has 2 aromatic carbocycles. The Bertz CT molecular complexity index is 617. The van der Waals surface area contributed by atoms with Gasteiger partial charge in [0.1, 0.15) is 12.4 Å². The zero-order chi connectivity index (χ0) is 13.9. The largest absolute Gasteiger partial charge is 0.491 e. The molecule has 3 rings (SSSR count). The average Bonchev–Trinajstić information content (AvgIpc) is 2.69. The van der Waals surface area contributed by atoms with Gasteiger partial charge in [0.2, 0.25) is 0 Å². The molecule has 0 spiro atoms. The molecule has 2 aromatic rings. The van der Waals surface area contributed by atoms with E-state index in [0.717, 1.165) is 28.9 Å². The van der Waals surface area contributed by atoms with E-state index in [-0.39, 0.29) is 0 Å². The molecule has 0 N–H and O–H groups in total. The van der Waals surface area contributed by atoms with Gasteiger partial charge in [-0.1, -0.05) is 34.1 Å². The maximum atomic E-state index is 6.09. The van der Waals surface area contributed by atoms with Gasteiger partial charge in [-0.05, 0) is 29.8 Å². The number of anilines is 1. The number of nitrogens with zero attached hydrogens (tertiary/aromatic N) is 1. The lowest BCUT2D eigenvalue weighted by molar-refractivity contribution is 0.331. The van der Waals surface area contributed by atoms with Gasteiger partial charge in [-0.15, -0.1) is 11.6 Å². The van der Waals surface area contributed by atoms with Crippen molar-refractivity contribution in [3.63, 3.8) is 0 Å². The molecule has 20 heavy (non-hydrogen) atoms. The van der Waals surface area contributed by atoms with Crippen molar-refractivity contribution in [3.8, 4) is 5.75 Å². The second kappa shape index (κ2) is 6.06. The van der Waals surface area contributed by atoms with E-state index < -0.39 is 0 Å². The van der Waals surface area contributed by atoms with Gasteiger partial charge in [0.25, 0.3) is 0 Å². The van der Waals surface area contributed by atoms with Gasteiger partial charge in [0.05, 0.1) is 6.54 Å². The topological polar surface area (TPSA) is 12.5 Å². The molecule has 0 radical (unpaired) electrons. The Kier molecular flexibility index (Phi) is 4.18. The summed E-state index contributed by atoms with van der Waals surface area (Å²) >= 11 is 9.59. The lowest BCUT2D eigenvalue weighted by Crippen LogP contribution is -2.26. The van der Waals surface area contributed by atoms with E-state index in [1.807, 2.05) is 12.1 Å². The summed E-state index contributed by atoms with van der Waals surface area (Å²) in [5.74, 6) is 1.49. The Morgan fingerprint density at radius 1 is 1.20 bits per heavy atom. The first-order valence-corrected chi connectivity index (χ1v) is 7.91. The third kappa shape index (κ3) is 2.79. The number of fused-ring (bicyclic) bond motifs is 1. The van der Waals surface area contributed by atoms with Crippen molar-refractivity contribution in [2.45, 2.75) is 12.4 Å². The Labute approximate surface area is 132 Å². The average molecular weight is 353 g/mol. The molecule has 0 saturated carbocycles. The van der Waals surface area contributed by atoms with E-state index in [1.165, 1.54) is 11.3 Å². The molecule has 1 aliphatic heterocycles. The van der Waals surface area contributed by atoms with E-state index in [1.54, 1.807) is 0 Å². The van der Waals surface area contributed by atoms with Crippen molar-refractivity contribution >= 4 is 33.2 Å². The summed E-state index contributed by atoms with van der Waals surface area (Å²) in [4.78, 5) is 2.33. The van der Waals surface area contributed by atoms with E-state index in [9.17, 15) is 0 Å². The molecule has 0 saturated heterocycles. The highest BCUT2D eigenvalue weighted by Gasteiger charge is 2.17. The summed E-state index contributed by atoms with van der Waals surface area (Å²) in [6.45, 7) is 2.40. The number of rotatable bonds is 2. The molecule has 0 atom stereocenters. The normalized spacial score (nSPS) is 14.4. The number of ether oxygens (including phenoxy) is 1. The third-order valence-corrected chi connectivity index (χ3v) is 4.26. The van der Waals surface area contributed by atoms with E-state index in [4.69, 9.17) is 16.3 Å². The number of hydrogen-bond donors (Lipinski definition) is 0. The molecular formula is C16H15BrClNO. The zero-order valence-corrected chi connectivity index (χ0v) is 13.3. The van der Waals surface area contributed by atoms with Crippen LogP contribution in [0.4, 0.5) is 5.69 Å². The van der Waals surface area contributed by atoms with Crippen LogP contribution < -0.4 is 9.64 Å². The number of halogens is 2. The summed E-state index contributed by atoms with van der Waals surface area (Å²) in [5, 5.41) is 0. The standard InChI is InChI=1S/C16H15BrClNO/c17-14-5-6-15(13(9-14)10-18)19-7-8-20-16-4-2-1-3-12(16)11-19/h1-6,9H,7-8,10-11H2. The van der Waals surface area contributed by atoms with E-state index in [2.05, 4.69) is 51.2 Å². The summed E-state index contributed by atoms with van der Waals surface area (Å²) in [5.41, 5.74) is 3.54. The van der Waals surface area contributed by atoms with Crippen molar-refractivity contribution in [2.75, 3.05) is 18.1 Å². The van der Waals surface area contributed by atoms with E-state index >= 15 is 0 Å². The Morgan fingerprint density at radius 3 is 2.90 bits per heavy atom. The summed E-state index contributed by atoms with van der Waals surface area (Å²) in [6, 6.07) is 14.5. The maximum absolute atomic E-state index is 6.09. The van der Waals surface area contributed by atoms with Crippen molar-refractivity contribution in [3.05, 3.63) is 58.1 Å². The smallest absolute Gasteiger partial charge is 0.124 e. The Morgan fingerprint density at radius 2 is 2.05 bits per heavy atom. The molecule has 104 valence electrons. The van der Waals surface area contributed by atoms with Gasteiger partial charge in [0.15, 0.2) is 0 Å². The molecule has 2 nitrogen and oxygen atoms in total. The van der Waals surface area contributed by atoms with Crippen molar-refractivity contribution in [2.24, 2.45) is 0 Å². The lowest BCUT2D eigenvalue weighted by Gasteiger charge is -2.24. The zero-order valence-electron chi connectivity index (χ0n) is 11.0. The SMILES string of the molecule is ClCc1cc(Br)ccc1N1CCOc2ccccc2C1. The Hall–Kier alpha value is -1.19. The van der Waals surface area contributed by atoms with Crippen LogP contribution in [0.25, 0.3) is 0 Å². The summed E-state index contributed by atoms with van der Waals surface area (Å²) < 4.78 is 6.87. The van der Waals surface area contributed by atoms with Gasteiger partial charge in [-0.3, -0.25) is 0 Å². The fourth-order valence-electron chi connectivity index (χ4n) is 2.50. The first kappa shape index (κ1) is 13.8. The second-order valence-corrected chi connectivity index (χ2v) is 5.97. The first-order valence-electron chi connectivity index (χ1n) is 6.58. The highest BCUT2D eigenvalue weighted by atomic mass is 79.9. The van der Waals surface area contributed by atoms with Crippen LogP contribution in [0.5, 0.6) is 5.75 Å². The van der Waals surface area contributed by atoms with Crippen LogP contribution in [0, 0.1) is 0 Å². The number of hydrogen-bond acceptors (Lipinski definition) is 2. The minimum Gasteiger partial charge on any atom is -0.491 e. The fourth-order valence-corrected chi connectivity index (χ4v) is 3.12. The van der Waals surface area contributed by atoms with Crippen LogP contribution in [0.1, 0.15) is 11.1 Å². The fraction of sp³-hybridized carbons (Fsp3) is 0.250. The molecule has 1 heterocycles. The van der Waals surface area contributed by atoms with Gasteiger partial charge in [-0.2, -0.15) is 0 Å². The first-order chi connectivity index (χ1) is 9.78. The molecule has 0 fully saturated rings. The van der Waals surface area contributed by atoms with Crippen LogP contribution in [0.3, 0.4) is 0 Å². The van der Waals surface area contributed by atoms with E-state index in [0.29, 0.717) is 12.5 Å². The minimum absolute atomic E-state index is 0.508. The maximum Gasteiger partial charge on any atom is 0.124 e. The molecule has 0 aromatic heterocycles. The quantitative estimate of drug-likeness (QED) is 0.733. The lowest BCUT2D eigenvalue weighted by atomic mass is 10.1. The second-order valence-electron chi connectivity index (χ2n) is 4.78. The van der Waals surface area contributed by atoms with Crippen LogP contribution >= 0.6 is 27.5 Å². The number of para-hydroxylation sites is 1. The highest BCUT2D eigenvalue weighted by molar-refractivity contribution is 9.10. The molecule has 0 unspecified atom stereocenters. The number of alkyl halides is 1. The molecule has 1 aliphatic rings. The number of benzene rings is 2. The van der Waals surface area contributed by atoms with Gasteiger partial charge in [0, 0.05) is 28.1 Å². The molecular weight excluding hydrogens is 338 g/mol. The predicted octanol–water partition coefficient (Wildman–Crippen LogP) is 4.59. The van der Waals surface area contributed by atoms with Crippen LogP contribution in [0.15, 0.2) is 46.9 Å². The van der Waals surface area contributed by atoms with Crippen LogP contribution in [-0.2, 0) is 12.4 Å². The Balaban J connectivity index is 1.95. The third-order valence-electron chi connectivity index (χ3n) is 3.48.